The Labute approximate surface area is 60.1 Å². The normalized spacial score (nSPS) is 13.2. The van der Waals surface area contributed by atoms with Crippen molar-refractivity contribution in [1.29, 1.82) is 0 Å². The van der Waals surface area contributed by atoms with Gasteiger partial charge in [0.1, 0.15) is 0 Å². The molecule has 2 nitrogen and oxygen atoms in total. The van der Waals surface area contributed by atoms with Gasteiger partial charge in [0.2, 0.25) is 5.24 Å². The van der Waals surface area contributed by atoms with Crippen molar-refractivity contribution in [2.75, 3.05) is 13.7 Å². The summed E-state index contributed by atoms with van der Waals surface area (Å²) in [5.41, 5.74) is 0. The second-order valence-electron chi connectivity index (χ2n) is 1.86. The van der Waals surface area contributed by atoms with Crippen LogP contribution in [0.4, 0.5) is 0 Å². The molecule has 0 N–H and O–H groups in total. The Balaban J connectivity index is 3.54. The Bertz CT molecular complexity index is 93.1. The fourth-order valence-corrected chi connectivity index (χ4v) is 0.762. The molecular weight excluding hydrogens is 140 g/mol. The van der Waals surface area contributed by atoms with Gasteiger partial charge in [0.15, 0.2) is 0 Å². The van der Waals surface area contributed by atoms with Gasteiger partial charge in [0.25, 0.3) is 0 Å². The third-order valence-corrected chi connectivity index (χ3v) is 1.49. The van der Waals surface area contributed by atoms with Crippen molar-refractivity contribution < 1.29 is 9.53 Å². The van der Waals surface area contributed by atoms with E-state index in [9.17, 15) is 4.79 Å². The largest absolute Gasteiger partial charge is 0.384 e. The van der Waals surface area contributed by atoms with E-state index in [1.807, 2.05) is 6.92 Å². The molecule has 0 aromatic heterocycles. The zero-order valence-corrected chi connectivity index (χ0v) is 6.44. The number of hydrogen-bond donors (Lipinski definition) is 0. The Morgan fingerprint density at radius 2 is 2.33 bits per heavy atom. The predicted molar refractivity (Wildman–Crippen MR) is 36.5 cm³/mol. The molecule has 3 heteroatoms. The lowest BCUT2D eigenvalue weighted by molar-refractivity contribution is -0.116. The Morgan fingerprint density at radius 1 is 1.78 bits per heavy atom. The Morgan fingerprint density at radius 3 is 2.44 bits per heavy atom. The van der Waals surface area contributed by atoms with Crippen LogP contribution in [0.25, 0.3) is 0 Å². The number of hydrogen-bond acceptors (Lipinski definition) is 2. The fourth-order valence-electron chi connectivity index (χ4n) is 0.545. The maximum Gasteiger partial charge on any atom is 0.227 e. The van der Waals surface area contributed by atoms with Crippen LogP contribution in [0.2, 0.25) is 0 Å². The summed E-state index contributed by atoms with van der Waals surface area (Å²) in [5, 5.41) is -0.306. The van der Waals surface area contributed by atoms with E-state index < -0.39 is 0 Å². The van der Waals surface area contributed by atoms with Crippen molar-refractivity contribution in [2.24, 2.45) is 5.92 Å². The van der Waals surface area contributed by atoms with Gasteiger partial charge < -0.3 is 4.74 Å². The highest BCUT2D eigenvalue weighted by atomic mass is 35.5. The monoisotopic (exact) mass is 150 g/mol. The molecule has 0 aliphatic rings. The third-order valence-electron chi connectivity index (χ3n) is 1.18. The molecule has 9 heavy (non-hydrogen) atoms. The standard InChI is InChI=1S/C6H11ClO2/c1-3-5(4-9-2)6(7)8/h5H,3-4H2,1-2H3. The van der Waals surface area contributed by atoms with Crippen LogP contribution in [0.5, 0.6) is 0 Å². The molecule has 0 amide bonds. The molecule has 0 radical (unpaired) electrons. The number of rotatable bonds is 4. The van der Waals surface area contributed by atoms with E-state index in [0.29, 0.717) is 6.61 Å². The molecule has 0 aromatic rings. The van der Waals surface area contributed by atoms with Gasteiger partial charge in [-0.1, -0.05) is 6.92 Å². The number of methoxy groups -OCH3 is 1. The molecule has 0 saturated heterocycles. The molecule has 0 saturated carbocycles. The molecule has 0 bridgehead atoms. The highest BCUT2D eigenvalue weighted by Crippen LogP contribution is 2.06. The molecule has 1 unspecified atom stereocenters. The first kappa shape index (κ1) is 8.92. The summed E-state index contributed by atoms with van der Waals surface area (Å²) in [6.45, 7) is 2.34. The minimum absolute atomic E-state index is 0.128. The minimum Gasteiger partial charge on any atom is -0.384 e. The highest BCUT2D eigenvalue weighted by Gasteiger charge is 2.12. The summed E-state index contributed by atoms with van der Waals surface area (Å²) in [6.07, 6.45) is 0.746. The summed E-state index contributed by atoms with van der Waals surface area (Å²) in [4.78, 5) is 10.5. The highest BCUT2D eigenvalue weighted by molar-refractivity contribution is 6.64. The van der Waals surface area contributed by atoms with Crippen LogP contribution in [-0.4, -0.2) is 19.0 Å². The predicted octanol–water partition coefficient (Wildman–Crippen LogP) is 1.42. The zero-order valence-electron chi connectivity index (χ0n) is 5.69. The molecule has 54 valence electrons. The molecule has 0 heterocycles. The van der Waals surface area contributed by atoms with E-state index >= 15 is 0 Å². The fraction of sp³-hybridized carbons (Fsp3) is 0.833. The van der Waals surface area contributed by atoms with E-state index in [4.69, 9.17) is 16.3 Å². The Kier molecular flexibility index (Phi) is 4.72. The topological polar surface area (TPSA) is 26.3 Å². The summed E-state index contributed by atoms with van der Waals surface area (Å²) >= 11 is 5.20. The van der Waals surface area contributed by atoms with Gasteiger partial charge in [0.05, 0.1) is 12.5 Å². The molecule has 0 aromatic carbocycles. The van der Waals surface area contributed by atoms with Crippen molar-refractivity contribution in [3.05, 3.63) is 0 Å². The minimum atomic E-state index is -0.306. The van der Waals surface area contributed by atoms with Crippen LogP contribution in [0.15, 0.2) is 0 Å². The number of halogens is 1. The van der Waals surface area contributed by atoms with Crippen molar-refractivity contribution in [1.82, 2.24) is 0 Å². The molecule has 0 aliphatic carbocycles. The second-order valence-corrected chi connectivity index (χ2v) is 2.24. The molecule has 0 rings (SSSR count). The molecule has 0 aliphatic heterocycles. The van der Waals surface area contributed by atoms with Gasteiger partial charge in [-0.05, 0) is 18.0 Å². The second kappa shape index (κ2) is 4.77. The van der Waals surface area contributed by atoms with Gasteiger partial charge in [-0.3, -0.25) is 4.79 Å². The Hall–Kier alpha value is -0.0800. The molecule has 1 atom stereocenters. The summed E-state index contributed by atoms with van der Waals surface area (Å²) in [6, 6.07) is 0. The average Bonchev–Trinajstić information content (AvgIpc) is 1.82. The summed E-state index contributed by atoms with van der Waals surface area (Å²) < 4.78 is 4.75. The molecule has 0 spiro atoms. The first-order chi connectivity index (χ1) is 4.22. The van der Waals surface area contributed by atoms with Crippen LogP contribution in [0.1, 0.15) is 13.3 Å². The average molecular weight is 151 g/mol. The summed E-state index contributed by atoms with van der Waals surface area (Å²) in [5.74, 6) is -0.128. The number of ether oxygens (including phenoxy) is 1. The van der Waals surface area contributed by atoms with E-state index in [-0.39, 0.29) is 11.2 Å². The first-order valence-corrected chi connectivity index (χ1v) is 3.28. The molecular formula is C6H11ClO2. The summed E-state index contributed by atoms with van der Waals surface area (Å²) in [7, 11) is 1.56. The van der Waals surface area contributed by atoms with Gasteiger partial charge in [-0.15, -0.1) is 0 Å². The van der Waals surface area contributed by atoms with E-state index in [2.05, 4.69) is 0 Å². The van der Waals surface area contributed by atoms with Gasteiger partial charge in [-0.25, -0.2) is 0 Å². The maximum atomic E-state index is 10.5. The van der Waals surface area contributed by atoms with Crippen molar-refractivity contribution >= 4 is 16.8 Å². The zero-order chi connectivity index (χ0) is 7.28. The SMILES string of the molecule is CCC(COC)C(=O)Cl. The van der Waals surface area contributed by atoms with Gasteiger partial charge >= 0.3 is 0 Å². The van der Waals surface area contributed by atoms with E-state index in [1.54, 1.807) is 7.11 Å². The van der Waals surface area contributed by atoms with Crippen LogP contribution >= 0.6 is 11.6 Å². The van der Waals surface area contributed by atoms with Crippen molar-refractivity contribution in [3.8, 4) is 0 Å². The quantitative estimate of drug-likeness (QED) is 0.567. The van der Waals surface area contributed by atoms with Crippen LogP contribution in [-0.2, 0) is 9.53 Å². The van der Waals surface area contributed by atoms with Crippen molar-refractivity contribution in [2.45, 2.75) is 13.3 Å². The van der Waals surface area contributed by atoms with Gasteiger partial charge in [0, 0.05) is 7.11 Å². The molecule has 0 fully saturated rings. The van der Waals surface area contributed by atoms with Crippen LogP contribution in [0, 0.1) is 5.92 Å². The lowest BCUT2D eigenvalue weighted by Gasteiger charge is -2.05. The number of carbonyl (C=O) groups excluding carboxylic acids is 1. The van der Waals surface area contributed by atoms with E-state index in [1.165, 1.54) is 0 Å². The van der Waals surface area contributed by atoms with Gasteiger partial charge in [-0.2, -0.15) is 0 Å². The maximum absolute atomic E-state index is 10.5. The smallest absolute Gasteiger partial charge is 0.227 e. The van der Waals surface area contributed by atoms with E-state index in [0.717, 1.165) is 6.42 Å². The van der Waals surface area contributed by atoms with Crippen molar-refractivity contribution in [3.63, 3.8) is 0 Å². The lowest BCUT2D eigenvalue weighted by Crippen LogP contribution is -2.13. The lowest BCUT2D eigenvalue weighted by atomic mass is 10.1. The third kappa shape index (κ3) is 3.49. The van der Waals surface area contributed by atoms with Crippen LogP contribution < -0.4 is 0 Å². The van der Waals surface area contributed by atoms with Crippen LogP contribution in [0.3, 0.4) is 0 Å². The first-order valence-electron chi connectivity index (χ1n) is 2.90. The number of carbonyl (C=O) groups is 1.